The van der Waals surface area contributed by atoms with Crippen LogP contribution in [0.5, 0.6) is 11.5 Å². The minimum Gasteiger partial charge on any atom is -0.493 e. The molecule has 5 nitrogen and oxygen atoms in total. The van der Waals surface area contributed by atoms with Crippen molar-refractivity contribution in [2.24, 2.45) is 10.9 Å². The fourth-order valence-corrected chi connectivity index (χ4v) is 1.83. The van der Waals surface area contributed by atoms with Gasteiger partial charge in [-0.05, 0) is 35.9 Å². The van der Waals surface area contributed by atoms with Crippen molar-refractivity contribution in [1.29, 1.82) is 0 Å². The molecule has 0 fully saturated rings. The van der Waals surface area contributed by atoms with Gasteiger partial charge in [0.05, 0.1) is 7.11 Å². The van der Waals surface area contributed by atoms with E-state index in [1.54, 1.807) is 12.1 Å². The Morgan fingerprint density at radius 1 is 1.12 bits per heavy atom. The van der Waals surface area contributed by atoms with Crippen molar-refractivity contribution < 1.29 is 27.5 Å². The zero-order valence-corrected chi connectivity index (χ0v) is 12.7. The van der Waals surface area contributed by atoms with Gasteiger partial charge in [-0.1, -0.05) is 17.3 Å². The highest BCUT2D eigenvalue weighted by molar-refractivity contribution is 5.97. The van der Waals surface area contributed by atoms with E-state index < -0.39 is 6.61 Å². The lowest BCUT2D eigenvalue weighted by Crippen LogP contribution is -2.14. The van der Waals surface area contributed by atoms with Crippen LogP contribution >= 0.6 is 0 Å². The molecule has 0 aliphatic carbocycles. The standard InChI is InChI=1S/C16H15F3N2O3/c1-22-14-8-11(4-7-13(14)24-16(18)19)15(20)21-23-9-10-2-5-12(17)6-3-10/h2-8,16H,9H2,1H3,(H2,20,21). The molecule has 0 heterocycles. The highest BCUT2D eigenvalue weighted by Gasteiger charge is 2.12. The number of nitrogens with two attached hydrogens (primary N) is 1. The van der Waals surface area contributed by atoms with Gasteiger partial charge in [-0.25, -0.2) is 4.39 Å². The second kappa shape index (κ2) is 8.09. The van der Waals surface area contributed by atoms with Crippen LogP contribution in [-0.2, 0) is 11.4 Å². The Kier molecular flexibility index (Phi) is 5.89. The van der Waals surface area contributed by atoms with Gasteiger partial charge >= 0.3 is 6.61 Å². The summed E-state index contributed by atoms with van der Waals surface area (Å²) < 4.78 is 46.6. The van der Waals surface area contributed by atoms with Crippen LogP contribution in [0.1, 0.15) is 11.1 Å². The van der Waals surface area contributed by atoms with E-state index in [2.05, 4.69) is 9.89 Å². The Bertz CT molecular complexity index is 706. The summed E-state index contributed by atoms with van der Waals surface area (Å²) in [5.41, 5.74) is 6.90. The van der Waals surface area contributed by atoms with Crippen LogP contribution in [0.2, 0.25) is 0 Å². The number of nitrogens with zero attached hydrogens (tertiary/aromatic N) is 1. The average molecular weight is 340 g/mol. The third-order valence-electron chi connectivity index (χ3n) is 2.98. The smallest absolute Gasteiger partial charge is 0.387 e. The molecular weight excluding hydrogens is 325 g/mol. The maximum Gasteiger partial charge on any atom is 0.387 e. The summed E-state index contributed by atoms with van der Waals surface area (Å²) in [5, 5.41) is 3.73. The molecule has 2 rings (SSSR count). The summed E-state index contributed by atoms with van der Waals surface area (Å²) in [7, 11) is 1.32. The summed E-state index contributed by atoms with van der Waals surface area (Å²) in [6.07, 6.45) is 0. The summed E-state index contributed by atoms with van der Waals surface area (Å²) in [6.45, 7) is -2.86. The molecule has 8 heteroatoms. The molecule has 0 saturated heterocycles. The normalized spacial score (nSPS) is 11.5. The lowest BCUT2D eigenvalue weighted by atomic mass is 10.2. The van der Waals surface area contributed by atoms with Crippen LogP contribution in [0.25, 0.3) is 0 Å². The maximum atomic E-state index is 12.8. The lowest BCUT2D eigenvalue weighted by molar-refractivity contribution is -0.0512. The van der Waals surface area contributed by atoms with Crippen molar-refractivity contribution in [3.63, 3.8) is 0 Å². The average Bonchev–Trinajstić information content (AvgIpc) is 2.56. The molecule has 24 heavy (non-hydrogen) atoms. The van der Waals surface area contributed by atoms with Crippen LogP contribution in [-0.4, -0.2) is 19.6 Å². The molecule has 0 aliphatic heterocycles. The van der Waals surface area contributed by atoms with Crippen molar-refractivity contribution in [2.75, 3.05) is 7.11 Å². The first-order valence-electron chi connectivity index (χ1n) is 6.82. The molecule has 2 aromatic rings. The number of benzene rings is 2. The molecule has 0 aromatic heterocycles. The molecule has 2 aromatic carbocycles. The highest BCUT2D eigenvalue weighted by Crippen LogP contribution is 2.29. The Labute approximate surface area is 136 Å². The first kappa shape index (κ1) is 17.5. The van der Waals surface area contributed by atoms with Crippen molar-refractivity contribution in [2.45, 2.75) is 13.2 Å². The molecular formula is C16H15F3N2O3. The van der Waals surface area contributed by atoms with Crippen molar-refractivity contribution in [3.8, 4) is 11.5 Å². The second-order valence-electron chi connectivity index (χ2n) is 4.62. The van der Waals surface area contributed by atoms with Crippen molar-refractivity contribution in [1.82, 2.24) is 0 Å². The topological polar surface area (TPSA) is 66.1 Å². The lowest BCUT2D eigenvalue weighted by Gasteiger charge is -2.11. The maximum absolute atomic E-state index is 12.8. The van der Waals surface area contributed by atoms with Crippen LogP contribution in [0, 0.1) is 5.82 Å². The third-order valence-corrected chi connectivity index (χ3v) is 2.98. The van der Waals surface area contributed by atoms with Gasteiger partial charge in [0.1, 0.15) is 12.4 Å². The predicted molar refractivity (Wildman–Crippen MR) is 81.5 cm³/mol. The molecule has 0 unspecified atom stereocenters. The first-order chi connectivity index (χ1) is 11.5. The number of hydrogen-bond donors (Lipinski definition) is 1. The summed E-state index contributed by atoms with van der Waals surface area (Å²) >= 11 is 0. The Balaban J connectivity index is 2.05. The minimum atomic E-state index is -2.96. The van der Waals surface area contributed by atoms with E-state index in [9.17, 15) is 13.2 Å². The van der Waals surface area contributed by atoms with E-state index in [-0.39, 0.29) is 29.8 Å². The van der Waals surface area contributed by atoms with E-state index in [4.69, 9.17) is 15.3 Å². The number of methoxy groups -OCH3 is 1. The molecule has 0 atom stereocenters. The monoisotopic (exact) mass is 340 g/mol. The highest BCUT2D eigenvalue weighted by atomic mass is 19.3. The van der Waals surface area contributed by atoms with E-state index >= 15 is 0 Å². The van der Waals surface area contributed by atoms with E-state index in [1.165, 1.54) is 37.4 Å². The fraction of sp³-hybridized carbons (Fsp3) is 0.188. The molecule has 0 saturated carbocycles. The molecule has 0 amide bonds. The SMILES string of the molecule is COc1cc(/C(N)=N/OCc2ccc(F)cc2)ccc1OC(F)F. The van der Waals surface area contributed by atoms with Gasteiger partial charge in [0.15, 0.2) is 17.3 Å². The Morgan fingerprint density at radius 3 is 2.46 bits per heavy atom. The zero-order chi connectivity index (χ0) is 17.5. The molecule has 0 bridgehead atoms. The number of oxime groups is 1. The summed E-state index contributed by atoms with van der Waals surface area (Å²) in [4.78, 5) is 5.09. The fourth-order valence-electron chi connectivity index (χ4n) is 1.83. The number of halogens is 3. The number of rotatable bonds is 7. The van der Waals surface area contributed by atoms with Gasteiger partial charge < -0.3 is 20.0 Å². The summed E-state index contributed by atoms with van der Waals surface area (Å²) in [6, 6.07) is 9.86. The number of hydrogen-bond acceptors (Lipinski definition) is 4. The second-order valence-corrected chi connectivity index (χ2v) is 4.62. The van der Waals surface area contributed by atoms with Gasteiger partial charge in [-0.3, -0.25) is 0 Å². The van der Waals surface area contributed by atoms with Crippen LogP contribution in [0.15, 0.2) is 47.6 Å². The van der Waals surface area contributed by atoms with Crippen LogP contribution in [0.4, 0.5) is 13.2 Å². The zero-order valence-electron chi connectivity index (χ0n) is 12.7. The van der Waals surface area contributed by atoms with Gasteiger partial charge in [-0.2, -0.15) is 8.78 Å². The van der Waals surface area contributed by atoms with Crippen LogP contribution in [0.3, 0.4) is 0 Å². The van der Waals surface area contributed by atoms with E-state index in [1.807, 2.05) is 0 Å². The Morgan fingerprint density at radius 2 is 1.83 bits per heavy atom. The number of alkyl halides is 2. The number of amidine groups is 1. The molecule has 0 spiro atoms. The largest absolute Gasteiger partial charge is 0.493 e. The molecule has 0 radical (unpaired) electrons. The van der Waals surface area contributed by atoms with Crippen molar-refractivity contribution >= 4 is 5.84 Å². The van der Waals surface area contributed by atoms with Crippen molar-refractivity contribution in [3.05, 3.63) is 59.4 Å². The van der Waals surface area contributed by atoms with E-state index in [0.717, 1.165) is 0 Å². The van der Waals surface area contributed by atoms with Crippen LogP contribution < -0.4 is 15.2 Å². The van der Waals surface area contributed by atoms with Gasteiger partial charge in [0.25, 0.3) is 0 Å². The van der Waals surface area contributed by atoms with E-state index in [0.29, 0.717) is 11.1 Å². The first-order valence-corrected chi connectivity index (χ1v) is 6.82. The predicted octanol–water partition coefficient (Wildman–Crippen LogP) is 3.27. The third kappa shape index (κ3) is 4.80. The van der Waals surface area contributed by atoms with Gasteiger partial charge in [-0.15, -0.1) is 0 Å². The molecule has 0 aliphatic rings. The molecule has 128 valence electrons. The van der Waals surface area contributed by atoms with Gasteiger partial charge in [0.2, 0.25) is 0 Å². The summed E-state index contributed by atoms with van der Waals surface area (Å²) in [5.74, 6) is -0.347. The van der Waals surface area contributed by atoms with Gasteiger partial charge in [0, 0.05) is 5.56 Å². The minimum absolute atomic E-state index is 0.0269. The molecule has 2 N–H and O–H groups in total. The Hall–Kier alpha value is -2.90. The quantitative estimate of drug-likeness (QED) is 0.477. The number of ether oxygens (including phenoxy) is 2.